The molecule has 1 heteroatoms. The standard InChI is InChI=1S/C12H18O/c1-3-9-13-10-11(2)12-7-5-4-6-8-12/h3,5,7,12H,1-2,4,6,8-10H2. The smallest absolute Gasteiger partial charge is 0.0684 e. The van der Waals surface area contributed by atoms with Gasteiger partial charge < -0.3 is 4.74 Å². The molecule has 0 saturated carbocycles. The molecule has 0 aromatic heterocycles. The van der Waals surface area contributed by atoms with Crippen LogP contribution in [0, 0.1) is 5.92 Å². The SMILES string of the molecule is C=CCOCC(=C)C1C=CCCC1. The van der Waals surface area contributed by atoms with Gasteiger partial charge in [0.2, 0.25) is 0 Å². The van der Waals surface area contributed by atoms with Crippen LogP contribution in [-0.2, 0) is 4.74 Å². The molecule has 0 spiro atoms. The lowest BCUT2D eigenvalue weighted by Crippen LogP contribution is -2.09. The number of allylic oxidation sites excluding steroid dienone is 2. The first kappa shape index (κ1) is 10.3. The monoisotopic (exact) mass is 178 g/mol. The van der Waals surface area contributed by atoms with Crippen LogP contribution in [0.15, 0.2) is 37.0 Å². The molecule has 1 nitrogen and oxygen atoms in total. The van der Waals surface area contributed by atoms with Crippen molar-refractivity contribution in [1.29, 1.82) is 0 Å². The minimum Gasteiger partial charge on any atom is -0.373 e. The molecule has 13 heavy (non-hydrogen) atoms. The lowest BCUT2D eigenvalue weighted by Gasteiger charge is -2.18. The number of ether oxygens (including phenoxy) is 1. The first-order chi connectivity index (χ1) is 6.34. The zero-order valence-electron chi connectivity index (χ0n) is 8.17. The lowest BCUT2D eigenvalue weighted by molar-refractivity contribution is 0.181. The summed E-state index contributed by atoms with van der Waals surface area (Å²) in [6, 6.07) is 0. The third kappa shape index (κ3) is 3.60. The topological polar surface area (TPSA) is 9.23 Å². The van der Waals surface area contributed by atoms with E-state index in [4.69, 9.17) is 4.74 Å². The molecular formula is C12H18O. The van der Waals surface area contributed by atoms with E-state index in [1.165, 1.54) is 24.8 Å². The second kappa shape index (κ2) is 5.76. The number of rotatable bonds is 5. The van der Waals surface area contributed by atoms with Crippen molar-refractivity contribution in [2.45, 2.75) is 19.3 Å². The summed E-state index contributed by atoms with van der Waals surface area (Å²) < 4.78 is 5.35. The van der Waals surface area contributed by atoms with Gasteiger partial charge in [-0.05, 0) is 30.8 Å². The summed E-state index contributed by atoms with van der Waals surface area (Å²) in [6.07, 6.45) is 9.99. The van der Waals surface area contributed by atoms with E-state index in [1.54, 1.807) is 6.08 Å². The van der Waals surface area contributed by atoms with Gasteiger partial charge in [-0.15, -0.1) is 6.58 Å². The van der Waals surface area contributed by atoms with Crippen molar-refractivity contribution in [3.8, 4) is 0 Å². The fourth-order valence-electron chi connectivity index (χ4n) is 1.53. The summed E-state index contributed by atoms with van der Waals surface area (Å²) in [5, 5.41) is 0. The highest BCUT2D eigenvalue weighted by atomic mass is 16.5. The molecule has 0 aromatic rings. The molecule has 0 amide bonds. The molecule has 0 bridgehead atoms. The Hall–Kier alpha value is -0.820. The Morgan fingerprint density at radius 3 is 3.08 bits per heavy atom. The molecule has 1 aliphatic rings. The van der Waals surface area contributed by atoms with Crippen molar-refractivity contribution in [1.82, 2.24) is 0 Å². The predicted octanol–water partition coefficient (Wildman–Crippen LogP) is 3.10. The summed E-state index contributed by atoms with van der Waals surface area (Å²) in [7, 11) is 0. The fourth-order valence-corrected chi connectivity index (χ4v) is 1.53. The van der Waals surface area contributed by atoms with Crippen LogP contribution < -0.4 is 0 Å². The highest BCUT2D eigenvalue weighted by molar-refractivity contribution is 5.12. The molecule has 0 saturated heterocycles. The average molecular weight is 178 g/mol. The highest BCUT2D eigenvalue weighted by Gasteiger charge is 2.11. The van der Waals surface area contributed by atoms with Crippen molar-refractivity contribution in [2.24, 2.45) is 5.92 Å². The van der Waals surface area contributed by atoms with Crippen molar-refractivity contribution < 1.29 is 4.74 Å². The van der Waals surface area contributed by atoms with Gasteiger partial charge in [-0.3, -0.25) is 0 Å². The minimum absolute atomic E-state index is 0.540. The molecule has 0 radical (unpaired) electrons. The van der Waals surface area contributed by atoms with Gasteiger partial charge in [-0.1, -0.05) is 24.8 Å². The molecule has 1 aliphatic carbocycles. The minimum atomic E-state index is 0.540. The van der Waals surface area contributed by atoms with Crippen molar-refractivity contribution >= 4 is 0 Å². The number of hydrogen-bond acceptors (Lipinski definition) is 1. The highest BCUT2D eigenvalue weighted by Crippen LogP contribution is 2.23. The third-order valence-corrected chi connectivity index (χ3v) is 2.30. The molecule has 0 heterocycles. The van der Waals surface area contributed by atoms with Crippen LogP contribution in [0.3, 0.4) is 0 Å². The van der Waals surface area contributed by atoms with Gasteiger partial charge in [0, 0.05) is 0 Å². The molecule has 0 N–H and O–H groups in total. The fraction of sp³-hybridized carbons (Fsp3) is 0.500. The van der Waals surface area contributed by atoms with Gasteiger partial charge in [0.05, 0.1) is 13.2 Å². The maximum atomic E-state index is 5.35. The second-order valence-electron chi connectivity index (χ2n) is 3.43. The van der Waals surface area contributed by atoms with Gasteiger partial charge in [0.15, 0.2) is 0 Å². The normalized spacial score (nSPS) is 21.4. The first-order valence-corrected chi connectivity index (χ1v) is 4.87. The van der Waals surface area contributed by atoms with Crippen LogP contribution in [-0.4, -0.2) is 13.2 Å². The van der Waals surface area contributed by atoms with Gasteiger partial charge in [0.25, 0.3) is 0 Å². The zero-order valence-corrected chi connectivity index (χ0v) is 8.17. The molecule has 0 fully saturated rings. The Kier molecular flexibility index (Phi) is 4.55. The van der Waals surface area contributed by atoms with Crippen molar-refractivity contribution in [2.75, 3.05) is 13.2 Å². The second-order valence-corrected chi connectivity index (χ2v) is 3.43. The predicted molar refractivity (Wildman–Crippen MR) is 56.6 cm³/mol. The van der Waals surface area contributed by atoms with Crippen molar-refractivity contribution in [3.05, 3.63) is 37.0 Å². The summed E-state index contributed by atoms with van der Waals surface area (Å²) in [6.45, 7) is 8.93. The Balaban J connectivity index is 2.25. The zero-order chi connectivity index (χ0) is 9.52. The van der Waals surface area contributed by atoms with E-state index in [-0.39, 0.29) is 0 Å². The van der Waals surface area contributed by atoms with Gasteiger partial charge in [0.1, 0.15) is 0 Å². The summed E-state index contributed by atoms with van der Waals surface area (Å²) >= 11 is 0. The molecule has 0 aliphatic heterocycles. The van der Waals surface area contributed by atoms with Crippen LogP contribution in [0.4, 0.5) is 0 Å². The van der Waals surface area contributed by atoms with Crippen LogP contribution in [0.2, 0.25) is 0 Å². The van der Waals surface area contributed by atoms with Crippen LogP contribution in [0.25, 0.3) is 0 Å². The van der Waals surface area contributed by atoms with E-state index in [9.17, 15) is 0 Å². The third-order valence-electron chi connectivity index (χ3n) is 2.30. The summed E-state index contributed by atoms with van der Waals surface area (Å²) in [5.74, 6) is 0.540. The Labute approximate surface area is 80.8 Å². The largest absolute Gasteiger partial charge is 0.373 e. The summed E-state index contributed by atoms with van der Waals surface area (Å²) in [5.41, 5.74) is 1.19. The molecule has 72 valence electrons. The molecule has 1 rings (SSSR count). The van der Waals surface area contributed by atoms with Crippen LogP contribution >= 0.6 is 0 Å². The first-order valence-electron chi connectivity index (χ1n) is 4.87. The van der Waals surface area contributed by atoms with Crippen LogP contribution in [0.1, 0.15) is 19.3 Å². The van der Waals surface area contributed by atoms with Gasteiger partial charge >= 0.3 is 0 Å². The van der Waals surface area contributed by atoms with E-state index in [1.807, 2.05) is 0 Å². The Morgan fingerprint density at radius 2 is 2.46 bits per heavy atom. The maximum Gasteiger partial charge on any atom is 0.0684 e. The maximum absolute atomic E-state index is 5.35. The van der Waals surface area contributed by atoms with Crippen LogP contribution in [0.5, 0.6) is 0 Å². The number of hydrogen-bond donors (Lipinski definition) is 0. The van der Waals surface area contributed by atoms with Gasteiger partial charge in [-0.2, -0.15) is 0 Å². The lowest BCUT2D eigenvalue weighted by atomic mass is 9.90. The van der Waals surface area contributed by atoms with E-state index in [2.05, 4.69) is 25.3 Å². The average Bonchev–Trinajstić information content (AvgIpc) is 2.19. The summed E-state index contributed by atoms with van der Waals surface area (Å²) in [4.78, 5) is 0. The molecular weight excluding hydrogens is 160 g/mol. The molecule has 1 atom stereocenters. The van der Waals surface area contributed by atoms with E-state index >= 15 is 0 Å². The molecule has 1 unspecified atom stereocenters. The van der Waals surface area contributed by atoms with Gasteiger partial charge in [-0.25, -0.2) is 0 Å². The van der Waals surface area contributed by atoms with E-state index in [0.717, 1.165) is 0 Å². The molecule has 0 aromatic carbocycles. The Bertz CT molecular complexity index is 203. The van der Waals surface area contributed by atoms with Crippen molar-refractivity contribution in [3.63, 3.8) is 0 Å². The van der Waals surface area contributed by atoms with E-state index < -0.39 is 0 Å². The Morgan fingerprint density at radius 1 is 1.62 bits per heavy atom. The van der Waals surface area contributed by atoms with E-state index in [0.29, 0.717) is 19.1 Å². The quantitative estimate of drug-likeness (QED) is 0.464.